The Labute approximate surface area is 106 Å². The van der Waals surface area contributed by atoms with E-state index in [0.29, 0.717) is 0 Å². The standard InChI is InChI=1S/C15H27NO/c1-3-4-5-6-7-8-9-10-11-12-13-14-15(17)16-2/h11-14H,3-10H2,1-2H3,(H,16,17)/b12-11+,14-13+. The SMILES string of the molecule is CCCCCCCCC/C=C/C=C/C(=O)NC. The van der Waals surface area contributed by atoms with Gasteiger partial charge in [-0.15, -0.1) is 0 Å². The summed E-state index contributed by atoms with van der Waals surface area (Å²) in [6, 6.07) is 0. The number of likely N-dealkylation sites (N-methyl/N-ethyl adjacent to an activating group) is 1. The van der Waals surface area contributed by atoms with E-state index in [2.05, 4.69) is 18.3 Å². The van der Waals surface area contributed by atoms with Crippen molar-refractivity contribution in [2.24, 2.45) is 0 Å². The summed E-state index contributed by atoms with van der Waals surface area (Å²) in [5, 5.41) is 2.54. The molecule has 0 unspecified atom stereocenters. The lowest BCUT2D eigenvalue weighted by Crippen LogP contribution is -2.13. The second-order valence-corrected chi connectivity index (χ2v) is 4.31. The van der Waals surface area contributed by atoms with Crippen LogP contribution in [0.1, 0.15) is 58.3 Å². The first-order chi connectivity index (χ1) is 8.31. The zero-order chi connectivity index (χ0) is 12.8. The van der Waals surface area contributed by atoms with Gasteiger partial charge in [0.05, 0.1) is 0 Å². The Kier molecular flexibility index (Phi) is 12.2. The fourth-order valence-electron chi connectivity index (χ4n) is 1.62. The summed E-state index contributed by atoms with van der Waals surface area (Å²) in [5.41, 5.74) is 0. The van der Waals surface area contributed by atoms with Crippen LogP contribution in [0.15, 0.2) is 24.3 Å². The average molecular weight is 237 g/mol. The number of nitrogens with one attached hydrogen (secondary N) is 1. The second kappa shape index (κ2) is 13.0. The molecule has 0 rings (SSSR count). The van der Waals surface area contributed by atoms with Crippen molar-refractivity contribution in [3.63, 3.8) is 0 Å². The van der Waals surface area contributed by atoms with Gasteiger partial charge in [-0.3, -0.25) is 4.79 Å². The van der Waals surface area contributed by atoms with Crippen molar-refractivity contribution in [2.75, 3.05) is 7.05 Å². The van der Waals surface area contributed by atoms with Gasteiger partial charge in [0.1, 0.15) is 0 Å². The third kappa shape index (κ3) is 12.9. The van der Waals surface area contributed by atoms with Crippen LogP contribution in [0.3, 0.4) is 0 Å². The second-order valence-electron chi connectivity index (χ2n) is 4.31. The molecule has 0 atom stereocenters. The summed E-state index contributed by atoms with van der Waals surface area (Å²) in [6.07, 6.45) is 18.0. The molecule has 2 nitrogen and oxygen atoms in total. The number of allylic oxidation sites excluding steroid dienone is 3. The zero-order valence-electron chi connectivity index (χ0n) is 11.4. The molecule has 0 bridgehead atoms. The van der Waals surface area contributed by atoms with Crippen molar-refractivity contribution in [3.05, 3.63) is 24.3 Å². The maximum atomic E-state index is 10.8. The highest BCUT2D eigenvalue weighted by molar-refractivity contribution is 5.87. The molecule has 0 aliphatic carbocycles. The van der Waals surface area contributed by atoms with Crippen molar-refractivity contribution in [3.8, 4) is 0 Å². The Morgan fingerprint density at radius 1 is 1.00 bits per heavy atom. The summed E-state index contributed by atoms with van der Waals surface area (Å²) in [6.45, 7) is 2.25. The third-order valence-electron chi connectivity index (χ3n) is 2.72. The molecule has 2 heteroatoms. The van der Waals surface area contributed by atoms with Crippen LogP contribution in [-0.4, -0.2) is 13.0 Å². The molecule has 1 amide bonds. The molecule has 0 saturated carbocycles. The van der Waals surface area contributed by atoms with Gasteiger partial charge in [-0.1, -0.05) is 63.7 Å². The summed E-state index contributed by atoms with van der Waals surface area (Å²) in [5.74, 6) is -0.0504. The predicted molar refractivity (Wildman–Crippen MR) is 75.0 cm³/mol. The predicted octanol–water partition coefficient (Wildman–Crippen LogP) is 3.99. The van der Waals surface area contributed by atoms with Crippen molar-refractivity contribution < 1.29 is 4.79 Å². The van der Waals surface area contributed by atoms with E-state index in [-0.39, 0.29) is 5.91 Å². The van der Waals surface area contributed by atoms with Crippen LogP contribution in [0.4, 0.5) is 0 Å². The van der Waals surface area contributed by atoms with Crippen LogP contribution in [0.2, 0.25) is 0 Å². The molecule has 98 valence electrons. The first-order valence-electron chi connectivity index (χ1n) is 6.86. The van der Waals surface area contributed by atoms with Crippen LogP contribution in [0.25, 0.3) is 0 Å². The van der Waals surface area contributed by atoms with Gasteiger partial charge in [-0.2, -0.15) is 0 Å². The van der Waals surface area contributed by atoms with Crippen LogP contribution in [0.5, 0.6) is 0 Å². The van der Waals surface area contributed by atoms with Gasteiger partial charge in [0.25, 0.3) is 0 Å². The minimum Gasteiger partial charge on any atom is -0.356 e. The quantitative estimate of drug-likeness (QED) is 0.347. The monoisotopic (exact) mass is 237 g/mol. The van der Waals surface area contributed by atoms with E-state index in [4.69, 9.17) is 0 Å². The van der Waals surface area contributed by atoms with E-state index in [1.807, 2.05) is 6.08 Å². The van der Waals surface area contributed by atoms with Gasteiger partial charge >= 0.3 is 0 Å². The van der Waals surface area contributed by atoms with E-state index in [0.717, 1.165) is 6.42 Å². The number of carbonyl (C=O) groups is 1. The molecular weight excluding hydrogens is 210 g/mol. The topological polar surface area (TPSA) is 29.1 Å². The minimum atomic E-state index is -0.0504. The lowest BCUT2D eigenvalue weighted by atomic mass is 10.1. The Morgan fingerprint density at radius 3 is 2.29 bits per heavy atom. The molecule has 17 heavy (non-hydrogen) atoms. The number of unbranched alkanes of at least 4 members (excludes halogenated alkanes) is 7. The smallest absolute Gasteiger partial charge is 0.243 e. The summed E-state index contributed by atoms with van der Waals surface area (Å²) in [4.78, 5) is 10.8. The van der Waals surface area contributed by atoms with Gasteiger partial charge in [0, 0.05) is 13.1 Å². The molecule has 0 aromatic rings. The Bertz CT molecular complexity index is 231. The summed E-state index contributed by atoms with van der Waals surface area (Å²) in [7, 11) is 1.63. The molecule has 0 aliphatic rings. The lowest BCUT2D eigenvalue weighted by molar-refractivity contribution is -0.116. The first-order valence-corrected chi connectivity index (χ1v) is 6.86. The van der Waals surface area contributed by atoms with Gasteiger partial charge in [0.15, 0.2) is 0 Å². The van der Waals surface area contributed by atoms with E-state index in [1.165, 1.54) is 44.9 Å². The van der Waals surface area contributed by atoms with Crippen molar-refractivity contribution >= 4 is 5.91 Å². The maximum absolute atomic E-state index is 10.8. The molecule has 0 heterocycles. The van der Waals surface area contributed by atoms with E-state index in [9.17, 15) is 4.79 Å². The fourth-order valence-corrected chi connectivity index (χ4v) is 1.62. The Morgan fingerprint density at radius 2 is 1.65 bits per heavy atom. The number of hydrogen-bond acceptors (Lipinski definition) is 1. The van der Waals surface area contributed by atoms with Crippen molar-refractivity contribution in [1.82, 2.24) is 5.32 Å². The number of hydrogen-bond donors (Lipinski definition) is 1. The van der Waals surface area contributed by atoms with E-state index in [1.54, 1.807) is 19.2 Å². The van der Waals surface area contributed by atoms with Crippen LogP contribution in [-0.2, 0) is 4.79 Å². The molecule has 0 aliphatic heterocycles. The molecule has 1 N–H and O–H groups in total. The minimum absolute atomic E-state index is 0.0504. The van der Waals surface area contributed by atoms with Crippen LogP contribution in [0, 0.1) is 0 Å². The highest BCUT2D eigenvalue weighted by Gasteiger charge is 1.89. The largest absolute Gasteiger partial charge is 0.356 e. The molecule has 0 spiro atoms. The highest BCUT2D eigenvalue weighted by atomic mass is 16.1. The zero-order valence-corrected chi connectivity index (χ0v) is 11.4. The van der Waals surface area contributed by atoms with Gasteiger partial charge in [0.2, 0.25) is 5.91 Å². The first kappa shape index (κ1) is 16.0. The van der Waals surface area contributed by atoms with Gasteiger partial charge < -0.3 is 5.32 Å². The molecule has 0 aromatic heterocycles. The Hall–Kier alpha value is -1.05. The number of rotatable bonds is 10. The summed E-state index contributed by atoms with van der Waals surface area (Å²) < 4.78 is 0. The molecule has 0 fully saturated rings. The number of amides is 1. The van der Waals surface area contributed by atoms with Gasteiger partial charge in [-0.05, 0) is 12.8 Å². The van der Waals surface area contributed by atoms with Crippen molar-refractivity contribution in [1.29, 1.82) is 0 Å². The van der Waals surface area contributed by atoms with E-state index < -0.39 is 0 Å². The number of carbonyl (C=O) groups excluding carboxylic acids is 1. The van der Waals surface area contributed by atoms with Crippen molar-refractivity contribution in [2.45, 2.75) is 58.3 Å². The molecular formula is C15H27NO. The highest BCUT2D eigenvalue weighted by Crippen LogP contribution is 2.08. The lowest BCUT2D eigenvalue weighted by Gasteiger charge is -1.98. The van der Waals surface area contributed by atoms with E-state index >= 15 is 0 Å². The normalized spacial score (nSPS) is 11.4. The molecule has 0 saturated heterocycles. The average Bonchev–Trinajstić information content (AvgIpc) is 2.35. The van der Waals surface area contributed by atoms with Crippen LogP contribution >= 0.6 is 0 Å². The van der Waals surface area contributed by atoms with Gasteiger partial charge in [-0.25, -0.2) is 0 Å². The van der Waals surface area contributed by atoms with Crippen LogP contribution < -0.4 is 5.32 Å². The Balaban J connectivity index is 3.25. The molecule has 0 radical (unpaired) electrons. The molecule has 0 aromatic carbocycles. The third-order valence-corrected chi connectivity index (χ3v) is 2.72. The summed E-state index contributed by atoms with van der Waals surface area (Å²) >= 11 is 0. The maximum Gasteiger partial charge on any atom is 0.243 e. The fraction of sp³-hybridized carbons (Fsp3) is 0.667.